The molecule has 0 unspecified atom stereocenters. The summed E-state index contributed by atoms with van der Waals surface area (Å²) in [6, 6.07) is 22.7. The number of piperazine rings is 1. The van der Waals surface area contributed by atoms with E-state index in [-0.39, 0.29) is 11.8 Å². The van der Waals surface area contributed by atoms with Gasteiger partial charge in [-0.1, -0.05) is 36.4 Å². The number of amides is 2. The van der Waals surface area contributed by atoms with Crippen LogP contribution in [0, 0.1) is 0 Å². The average molecular weight is 438 g/mol. The quantitative estimate of drug-likeness (QED) is 0.490. The highest BCUT2D eigenvalue weighted by atomic mass is 16.2. The summed E-state index contributed by atoms with van der Waals surface area (Å²) in [6.45, 7) is 1.93. The SMILES string of the molecule is O=C(c1ccccc1)N1CCN(C(=O)c2cn(-c3ccccc3)nc2-c2cccnc2)CC1. The Hall–Kier alpha value is -4.26. The van der Waals surface area contributed by atoms with Crippen molar-refractivity contribution in [3.05, 3.63) is 103 Å². The Morgan fingerprint density at radius 1 is 0.727 bits per heavy atom. The number of benzene rings is 2. The first-order valence-electron chi connectivity index (χ1n) is 10.9. The second-order valence-corrected chi connectivity index (χ2v) is 7.86. The van der Waals surface area contributed by atoms with Crippen LogP contribution in [0.15, 0.2) is 91.4 Å². The molecule has 0 saturated carbocycles. The molecule has 2 aromatic heterocycles. The molecular weight excluding hydrogens is 414 g/mol. The van der Waals surface area contributed by atoms with E-state index in [1.807, 2.05) is 72.8 Å². The molecule has 0 bridgehead atoms. The molecule has 1 saturated heterocycles. The van der Waals surface area contributed by atoms with E-state index in [0.29, 0.717) is 43.0 Å². The van der Waals surface area contributed by atoms with Crippen molar-refractivity contribution in [2.45, 2.75) is 0 Å². The largest absolute Gasteiger partial charge is 0.335 e. The van der Waals surface area contributed by atoms with Crippen LogP contribution in [-0.4, -0.2) is 62.6 Å². The molecule has 5 rings (SSSR count). The van der Waals surface area contributed by atoms with Crippen molar-refractivity contribution >= 4 is 11.8 Å². The lowest BCUT2D eigenvalue weighted by Crippen LogP contribution is -2.50. The van der Waals surface area contributed by atoms with Crippen molar-refractivity contribution < 1.29 is 9.59 Å². The van der Waals surface area contributed by atoms with Gasteiger partial charge in [-0.15, -0.1) is 0 Å². The molecule has 4 aromatic rings. The molecule has 2 aromatic carbocycles. The summed E-state index contributed by atoms with van der Waals surface area (Å²) in [5.41, 5.74) is 3.45. The highest BCUT2D eigenvalue weighted by molar-refractivity contribution is 6.00. The van der Waals surface area contributed by atoms with Crippen LogP contribution in [0.3, 0.4) is 0 Å². The maximum Gasteiger partial charge on any atom is 0.257 e. The van der Waals surface area contributed by atoms with Crippen molar-refractivity contribution in [1.82, 2.24) is 24.6 Å². The maximum atomic E-state index is 13.5. The first kappa shape index (κ1) is 20.6. The van der Waals surface area contributed by atoms with Gasteiger partial charge in [0, 0.05) is 55.9 Å². The molecule has 7 heteroatoms. The highest BCUT2D eigenvalue weighted by Crippen LogP contribution is 2.25. The third kappa shape index (κ3) is 4.25. The lowest BCUT2D eigenvalue weighted by molar-refractivity contribution is 0.0536. The summed E-state index contributed by atoms with van der Waals surface area (Å²) in [5.74, 6) is -0.0986. The Morgan fingerprint density at radius 3 is 2.00 bits per heavy atom. The first-order chi connectivity index (χ1) is 16.2. The molecular formula is C26H23N5O2. The van der Waals surface area contributed by atoms with Crippen LogP contribution >= 0.6 is 0 Å². The molecule has 0 aliphatic carbocycles. The van der Waals surface area contributed by atoms with Gasteiger partial charge in [0.1, 0.15) is 5.69 Å². The van der Waals surface area contributed by atoms with Crippen LogP contribution in [0.4, 0.5) is 0 Å². The molecule has 7 nitrogen and oxygen atoms in total. The number of hydrogen-bond acceptors (Lipinski definition) is 4. The fourth-order valence-corrected chi connectivity index (χ4v) is 4.01. The van der Waals surface area contributed by atoms with Gasteiger partial charge in [0.05, 0.1) is 11.3 Å². The van der Waals surface area contributed by atoms with E-state index < -0.39 is 0 Å². The second kappa shape index (κ2) is 9.08. The lowest BCUT2D eigenvalue weighted by Gasteiger charge is -2.34. The summed E-state index contributed by atoms with van der Waals surface area (Å²) in [5, 5.41) is 4.71. The highest BCUT2D eigenvalue weighted by Gasteiger charge is 2.28. The standard InChI is InChI=1S/C26H23N5O2/c32-25(20-8-3-1-4-9-20)29-14-16-30(17-15-29)26(33)23-19-31(22-11-5-2-6-12-22)28-24(23)21-10-7-13-27-18-21/h1-13,18-19H,14-17H2. The molecule has 1 fully saturated rings. The number of carbonyl (C=O) groups excluding carboxylic acids is 2. The first-order valence-corrected chi connectivity index (χ1v) is 10.9. The maximum absolute atomic E-state index is 13.5. The Balaban J connectivity index is 1.38. The second-order valence-electron chi connectivity index (χ2n) is 7.86. The Labute approximate surface area is 191 Å². The summed E-state index contributed by atoms with van der Waals surface area (Å²) in [6.07, 6.45) is 5.19. The predicted molar refractivity (Wildman–Crippen MR) is 125 cm³/mol. The summed E-state index contributed by atoms with van der Waals surface area (Å²) >= 11 is 0. The molecule has 1 aliphatic rings. The number of carbonyl (C=O) groups is 2. The third-order valence-electron chi connectivity index (χ3n) is 5.78. The lowest BCUT2D eigenvalue weighted by atomic mass is 10.1. The monoisotopic (exact) mass is 437 g/mol. The van der Waals surface area contributed by atoms with Gasteiger partial charge < -0.3 is 9.80 Å². The molecule has 1 aliphatic heterocycles. The fourth-order valence-electron chi connectivity index (χ4n) is 4.01. The van der Waals surface area contributed by atoms with Crippen LogP contribution < -0.4 is 0 Å². The van der Waals surface area contributed by atoms with Gasteiger partial charge in [-0.25, -0.2) is 4.68 Å². The molecule has 2 amide bonds. The molecule has 0 atom stereocenters. The minimum absolute atomic E-state index is 0.00403. The third-order valence-corrected chi connectivity index (χ3v) is 5.78. The zero-order valence-electron chi connectivity index (χ0n) is 18.0. The zero-order chi connectivity index (χ0) is 22.6. The van der Waals surface area contributed by atoms with Gasteiger partial charge in [0.15, 0.2) is 0 Å². The van der Waals surface area contributed by atoms with Crippen molar-refractivity contribution in [2.75, 3.05) is 26.2 Å². The Kier molecular flexibility index (Phi) is 5.68. The number of rotatable bonds is 4. The normalized spacial score (nSPS) is 13.7. The van der Waals surface area contributed by atoms with Gasteiger partial charge in [0.25, 0.3) is 11.8 Å². The van der Waals surface area contributed by atoms with E-state index in [0.717, 1.165) is 11.3 Å². The molecule has 0 radical (unpaired) electrons. The Bertz CT molecular complexity index is 1250. The number of aromatic nitrogens is 3. The number of pyridine rings is 1. The number of para-hydroxylation sites is 1. The smallest absolute Gasteiger partial charge is 0.257 e. The molecule has 33 heavy (non-hydrogen) atoms. The Morgan fingerprint density at radius 2 is 1.36 bits per heavy atom. The number of nitrogens with zero attached hydrogens (tertiary/aromatic N) is 5. The predicted octanol–water partition coefficient (Wildman–Crippen LogP) is 3.53. The molecule has 3 heterocycles. The summed E-state index contributed by atoms with van der Waals surface area (Å²) < 4.78 is 1.73. The van der Waals surface area contributed by atoms with Crippen LogP contribution in [0.5, 0.6) is 0 Å². The molecule has 0 N–H and O–H groups in total. The van der Waals surface area contributed by atoms with Gasteiger partial charge in [0.2, 0.25) is 0 Å². The van der Waals surface area contributed by atoms with E-state index in [4.69, 9.17) is 5.10 Å². The molecule has 164 valence electrons. The van der Waals surface area contributed by atoms with Crippen molar-refractivity contribution in [3.8, 4) is 16.9 Å². The van der Waals surface area contributed by atoms with Crippen molar-refractivity contribution in [3.63, 3.8) is 0 Å². The van der Waals surface area contributed by atoms with Crippen molar-refractivity contribution in [2.24, 2.45) is 0 Å². The summed E-state index contributed by atoms with van der Waals surface area (Å²) in [7, 11) is 0. The van der Waals surface area contributed by atoms with Crippen LogP contribution in [0.2, 0.25) is 0 Å². The van der Waals surface area contributed by atoms with Crippen LogP contribution in [0.25, 0.3) is 16.9 Å². The zero-order valence-corrected chi connectivity index (χ0v) is 18.0. The summed E-state index contributed by atoms with van der Waals surface area (Å²) in [4.78, 5) is 34.1. The minimum Gasteiger partial charge on any atom is -0.335 e. The van der Waals surface area contributed by atoms with Gasteiger partial charge in [-0.05, 0) is 36.4 Å². The van der Waals surface area contributed by atoms with Gasteiger partial charge in [-0.2, -0.15) is 5.10 Å². The van der Waals surface area contributed by atoms with Crippen LogP contribution in [0.1, 0.15) is 20.7 Å². The van der Waals surface area contributed by atoms with Gasteiger partial charge >= 0.3 is 0 Å². The average Bonchev–Trinajstić information content (AvgIpc) is 3.35. The fraction of sp³-hybridized carbons (Fsp3) is 0.154. The number of hydrogen-bond donors (Lipinski definition) is 0. The van der Waals surface area contributed by atoms with Crippen LogP contribution in [-0.2, 0) is 0 Å². The minimum atomic E-state index is -0.0946. The molecule has 0 spiro atoms. The van der Waals surface area contributed by atoms with E-state index in [2.05, 4.69) is 4.98 Å². The van der Waals surface area contributed by atoms with E-state index in [1.165, 1.54) is 0 Å². The van der Waals surface area contributed by atoms with Gasteiger partial charge in [-0.3, -0.25) is 14.6 Å². The van der Waals surface area contributed by atoms with Crippen molar-refractivity contribution in [1.29, 1.82) is 0 Å². The van der Waals surface area contributed by atoms with E-state index in [9.17, 15) is 9.59 Å². The van der Waals surface area contributed by atoms with E-state index in [1.54, 1.807) is 33.1 Å². The topological polar surface area (TPSA) is 71.3 Å². The van der Waals surface area contributed by atoms with E-state index >= 15 is 0 Å².